The largest absolute Gasteiger partial charge is 0.296 e. The molecule has 1 unspecified atom stereocenters. The Bertz CT molecular complexity index is 478. The van der Waals surface area contributed by atoms with Crippen LogP contribution in [0.2, 0.25) is 0 Å². The van der Waals surface area contributed by atoms with Crippen molar-refractivity contribution in [1.82, 2.24) is 5.32 Å². The summed E-state index contributed by atoms with van der Waals surface area (Å²) in [5.41, 5.74) is 1.10. The number of hydrogen-bond acceptors (Lipinski definition) is 2. The van der Waals surface area contributed by atoms with Gasteiger partial charge in [0.15, 0.2) is 0 Å². The van der Waals surface area contributed by atoms with Crippen molar-refractivity contribution in [1.29, 1.82) is 0 Å². The van der Waals surface area contributed by atoms with E-state index in [1.807, 2.05) is 0 Å². The predicted molar refractivity (Wildman–Crippen MR) is 64.0 cm³/mol. The van der Waals surface area contributed by atoms with Crippen molar-refractivity contribution < 1.29 is 14.0 Å². The number of piperidine rings is 1. The summed E-state index contributed by atoms with van der Waals surface area (Å²) >= 11 is 3.20. The van der Waals surface area contributed by atoms with Crippen molar-refractivity contribution >= 4 is 27.7 Å². The van der Waals surface area contributed by atoms with Gasteiger partial charge in [0.2, 0.25) is 11.8 Å². The Morgan fingerprint density at radius 1 is 1.41 bits per heavy atom. The molecule has 5 heteroatoms. The van der Waals surface area contributed by atoms with Gasteiger partial charge in [-0.3, -0.25) is 14.9 Å². The molecule has 2 amide bonds. The molecule has 2 rings (SSSR count). The highest BCUT2D eigenvalue weighted by molar-refractivity contribution is 9.10. The molecule has 17 heavy (non-hydrogen) atoms. The first-order chi connectivity index (χ1) is 7.99. The minimum atomic E-state index is -0.569. The maximum atomic E-state index is 13.9. The molecule has 1 N–H and O–H groups in total. The van der Waals surface area contributed by atoms with Crippen LogP contribution in [-0.2, 0) is 9.59 Å². The SMILES string of the molecule is Cc1cc(Br)cc(F)c1C1CCC(=O)NC1=O. The van der Waals surface area contributed by atoms with Crippen LogP contribution in [0, 0.1) is 12.7 Å². The van der Waals surface area contributed by atoms with Crippen LogP contribution in [0.1, 0.15) is 29.9 Å². The molecule has 1 atom stereocenters. The summed E-state index contributed by atoms with van der Waals surface area (Å²) < 4.78 is 14.5. The smallest absolute Gasteiger partial charge is 0.234 e. The third-order valence-electron chi connectivity index (χ3n) is 2.89. The molecule has 0 saturated carbocycles. The number of carbonyl (C=O) groups excluding carboxylic acids is 2. The van der Waals surface area contributed by atoms with E-state index in [4.69, 9.17) is 0 Å². The highest BCUT2D eigenvalue weighted by Gasteiger charge is 2.31. The Morgan fingerprint density at radius 3 is 2.71 bits per heavy atom. The van der Waals surface area contributed by atoms with E-state index >= 15 is 0 Å². The maximum absolute atomic E-state index is 13.9. The van der Waals surface area contributed by atoms with Gasteiger partial charge in [0, 0.05) is 16.5 Å². The average molecular weight is 300 g/mol. The fourth-order valence-corrected chi connectivity index (χ4v) is 2.67. The van der Waals surface area contributed by atoms with Gasteiger partial charge in [0.1, 0.15) is 5.82 Å². The van der Waals surface area contributed by atoms with E-state index in [-0.39, 0.29) is 12.3 Å². The Kier molecular flexibility index (Phi) is 3.28. The predicted octanol–water partition coefficient (Wildman–Crippen LogP) is 2.42. The van der Waals surface area contributed by atoms with Crippen molar-refractivity contribution in [3.8, 4) is 0 Å². The van der Waals surface area contributed by atoms with Gasteiger partial charge in [-0.05, 0) is 31.0 Å². The Morgan fingerprint density at radius 2 is 2.12 bits per heavy atom. The molecule has 1 heterocycles. The number of aryl methyl sites for hydroxylation is 1. The lowest BCUT2D eigenvalue weighted by molar-refractivity contribution is -0.134. The van der Waals surface area contributed by atoms with E-state index in [1.165, 1.54) is 6.07 Å². The van der Waals surface area contributed by atoms with E-state index in [2.05, 4.69) is 21.2 Å². The third-order valence-corrected chi connectivity index (χ3v) is 3.35. The van der Waals surface area contributed by atoms with Gasteiger partial charge in [-0.15, -0.1) is 0 Å². The molecule has 1 fully saturated rings. The number of hydrogen-bond donors (Lipinski definition) is 1. The number of amides is 2. The average Bonchev–Trinajstić information content (AvgIpc) is 2.19. The quantitative estimate of drug-likeness (QED) is 0.810. The Balaban J connectivity index is 2.40. The van der Waals surface area contributed by atoms with Gasteiger partial charge < -0.3 is 0 Å². The first-order valence-electron chi connectivity index (χ1n) is 5.28. The van der Waals surface area contributed by atoms with Crippen LogP contribution in [0.5, 0.6) is 0 Å². The summed E-state index contributed by atoms with van der Waals surface area (Å²) in [5, 5.41) is 2.24. The monoisotopic (exact) mass is 299 g/mol. The highest BCUT2D eigenvalue weighted by Crippen LogP contribution is 2.31. The summed E-state index contributed by atoms with van der Waals surface area (Å²) in [7, 11) is 0. The molecular formula is C12H11BrFNO2. The molecule has 1 aliphatic rings. The van der Waals surface area contributed by atoms with Crippen molar-refractivity contribution in [3.05, 3.63) is 33.5 Å². The maximum Gasteiger partial charge on any atom is 0.234 e. The zero-order chi connectivity index (χ0) is 12.6. The number of carbonyl (C=O) groups is 2. The number of rotatable bonds is 1. The third kappa shape index (κ3) is 2.39. The lowest BCUT2D eigenvalue weighted by atomic mass is 9.87. The van der Waals surface area contributed by atoms with Crippen molar-refractivity contribution in [2.45, 2.75) is 25.7 Å². The molecule has 0 aliphatic carbocycles. The summed E-state index contributed by atoms with van der Waals surface area (Å²) in [6.45, 7) is 1.76. The molecule has 3 nitrogen and oxygen atoms in total. The second kappa shape index (κ2) is 4.56. The standard InChI is InChI=1S/C12H11BrFNO2/c1-6-4-7(13)5-9(14)11(6)8-2-3-10(16)15-12(8)17/h4-5,8H,2-3H2,1H3,(H,15,16,17). The molecule has 0 radical (unpaired) electrons. The molecule has 1 aromatic carbocycles. The highest BCUT2D eigenvalue weighted by atomic mass is 79.9. The Hall–Kier alpha value is -1.23. The fraction of sp³-hybridized carbons (Fsp3) is 0.333. The van der Waals surface area contributed by atoms with Gasteiger partial charge in [-0.1, -0.05) is 15.9 Å². The van der Waals surface area contributed by atoms with Crippen LogP contribution in [0.4, 0.5) is 4.39 Å². The van der Waals surface area contributed by atoms with Crippen molar-refractivity contribution in [2.75, 3.05) is 0 Å². The topological polar surface area (TPSA) is 46.2 Å². The molecule has 90 valence electrons. The van der Waals surface area contributed by atoms with Crippen molar-refractivity contribution in [2.24, 2.45) is 0 Å². The first kappa shape index (κ1) is 12.2. The molecule has 1 aliphatic heterocycles. The number of benzene rings is 1. The van der Waals surface area contributed by atoms with E-state index in [9.17, 15) is 14.0 Å². The molecule has 0 aromatic heterocycles. The van der Waals surface area contributed by atoms with Crippen LogP contribution in [0.15, 0.2) is 16.6 Å². The number of halogens is 2. The minimum absolute atomic E-state index is 0.255. The van der Waals surface area contributed by atoms with Gasteiger partial charge >= 0.3 is 0 Å². The first-order valence-corrected chi connectivity index (χ1v) is 6.07. The summed E-state index contributed by atoms with van der Waals surface area (Å²) in [4.78, 5) is 22.7. The number of nitrogens with one attached hydrogen (secondary N) is 1. The van der Waals surface area contributed by atoms with Crippen LogP contribution >= 0.6 is 15.9 Å². The summed E-state index contributed by atoms with van der Waals surface area (Å²) in [6, 6.07) is 3.11. The van der Waals surface area contributed by atoms with E-state index < -0.39 is 17.6 Å². The van der Waals surface area contributed by atoms with E-state index in [1.54, 1.807) is 13.0 Å². The second-order valence-corrected chi connectivity index (χ2v) is 5.04. The molecular weight excluding hydrogens is 289 g/mol. The van der Waals surface area contributed by atoms with Crippen LogP contribution in [0.25, 0.3) is 0 Å². The summed E-state index contributed by atoms with van der Waals surface area (Å²) in [6.07, 6.45) is 0.620. The normalized spacial score (nSPS) is 20.3. The van der Waals surface area contributed by atoms with Gasteiger partial charge in [-0.25, -0.2) is 4.39 Å². The molecule has 0 spiro atoms. The lowest BCUT2D eigenvalue weighted by Gasteiger charge is -2.23. The molecule has 1 aromatic rings. The molecule has 1 saturated heterocycles. The van der Waals surface area contributed by atoms with Gasteiger partial charge in [0.25, 0.3) is 0 Å². The van der Waals surface area contributed by atoms with Crippen LogP contribution in [-0.4, -0.2) is 11.8 Å². The van der Waals surface area contributed by atoms with Crippen LogP contribution in [0.3, 0.4) is 0 Å². The second-order valence-electron chi connectivity index (χ2n) is 4.12. The zero-order valence-corrected chi connectivity index (χ0v) is 10.8. The number of imide groups is 1. The Labute approximate surface area is 107 Å². The molecule has 0 bridgehead atoms. The summed E-state index contributed by atoms with van der Waals surface area (Å²) in [5.74, 6) is -1.68. The van der Waals surface area contributed by atoms with E-state index in [0.29, 0.717) is 22.0 Å². The zero-order valence-electron chi connectivity index (χ0n) is 9.22. The lowest BCUT2D eigenvalue weighted by Crippen LogP contribution is -2.40. The fourth-order valence-electron chi connectivity index (χ4n) is 2.12. The van der Waals surface area contributed by atoms with Gasteiger partial charge in [-0.2, -0.15) is 0 Å². The van der Waals surface area contributed by atoms with Gasteiger partial charge in [0.05, 0.1) is 5.92 Å². The van der Waals surface area contributed by atoms with Crippen LogP contribution < -0.4 is 5.32 Å². The van der Waals surface area contributed by atoms with Crippen molar-refractivity contribution in [3.63, 3.8) is 0 Å². The minimum Gasteiger partial charge on any atom is -0.296 e. The van der Waals surface area contributed by atoms with E-state index in [0.717, 1.165) is 0 Å².